The highest BCUT2D eigenvalue weighted by Gasteiger charge is 2.63. The van der Waals surface area contributed by atoms with Crippen molar-refractivity contribution in [1.82, 2.24) is 0 Å². The maximum atomic E-state index is 12.8. The first-order valence-electron chi connectivity index (χ1n) is 14.7. The van der Waals surface area contributed by atoms with Crippen molar-refractivity contribution in [2.75, 3.05) is 5.32 Å². The van der Waals surface area contributed by atoms with E-state index in [9.17, 15) is 23.4 Å². The van der Waals surface area contributed by atoms with E-state index >= 15 is 0 Å². The Morgan fingerprint density at radius 1 is 1.13 bits per heavy atom. The third kappa shape index (κ3) is 5.32. The number of carbonyl (C=O) groups is 1. The summed E-state index contributed by atoms with van der Waals surface area (Å²) in [6.45, 7) is 7.03. The summed E-state index contributed by atoms with van der Waals surface area (Å²) in [5.74, 6) is 2.91. The zero-order valence-electron chi connectivity index (χ0n) is 23.4. The quantitative estimate of drug-likeness (QED) is 0.306. The molecule has 4 aliphatic carbocycles. The fourth-order valence-corrected chi connectivity index (χ4v) is 11.8. The molecule has 0 heterocycles. The number of rotatable bonds is 6. The van der Waals surface area contributed by atoms with E-state index in [1.165, 1.54) is 18.9 Å². The summed E-state index contributed by atoms with van der Waals surface area (Å²) in [4.78, 5) is 12.9. The highest BCUT2D eigenvalue weighted by molar-refractivity contribution is 14.1. The number of aliphatic hydroxyl groups is 2. The largest absolute Gasteiger partial charge is 0.393 e. The van der Waals surface area contributed by atoms with E-state index in [-0.39, 0.29) is 33.8 Å². The van der Waals surface area contributed by atoms with E-state index in [1.807, 2.05) is 22.6 Å². The Bertz CT molecular complexity index is 1210. The van der Waals surface area contributed by atoms with Gasteiger partial charge in [-0.1, -0.05) is 20.8 Å². The third-order valence-electron chi connectivity index (χ3n) is 11.9. The van der Waals surface area contributed by atoms with Crippen molar-refractivity contribution in [3.8, 4) is 0 Å². The molecule has 4 saturated carbocycles. The minimum Gasteiger partial charge on any atom is -0.393 e. The summed E-state index contributed by atoms with van der Waals surface area (Å²) in [5, 5.41) is 30.2. The molecule has 10 atom stereocenters. The van der Waals surface area contributed by atoms with E-state index in [4.69, 9.17) is 5.14 Å². The Morgan fingerprint density at radius 3 is 2.56 bits per heavy atom. The molecule has 1 aromatic rings. The number of fused-ring (bicyclic) bond motifs is 5. The number of nitrogens with one attached hydrogen (secondary N) is 1. The Labute approximate surface area is 247 Å². The molecule has 4 aliphatic rings. The number of aliphatic hydroxyl groups excluding tert-OH is 2. The van der Waals surface area contributed by atoms with Crippen LogP contribution in [0.3, 0.4) is 0 Å². The van der Waals surface area contributed by atoms with Gasteiger partial charge in [0.1, 0.15) is 0 Å². The number of carbonyl (C=O) groups excluding carboxylic acids is 1. The van der Waals surface area contributed by atoms with Gasteiger partial charge in [-0.25, -0.2) is 13.6 Å². The van der Waals surface area contributed by atoms with Crippen molar-refractivity contribution in [3.63, 3.8) is 0 Å². The van der Waals surface area contributed by atoms with Crippen LogP contribution in [0, 0.1) is 49.9 Å². The first-order chi connectivity index (χ1) is 18.2. The fraction of sp³-hybridized carbons (Fsp3) is 0.767. The van der Waals surface area contributed by atoms with Gasteiger partial charge in [-0.05, 0) is 145 Å². The van der Waals surface area contributed by atoms with Gasteiger partial charge in [0.15, 0.2) is 0 Å². The van der Waals surface area contributed by atoms with Crippen LogP contribution in [-0.4, -0.2) is 36.7 Å². The Hall–Kier alpha value is -0.750. The lowest BCUT2D eigenvalue weighted by molar-refractivity contribution is -0.174. The summed E-state index contributed by atoms with van der Waals surface area (Å²) in [7, 11) is -3.80. The highest BCUT2D eigenvalue weighted by Crippen LogP contribution is 2.68. The van der Waals surface area contributed by atoms with Crippen molar-refractivity contribution >= 4 is 44.2 Å². The smallest absolute Gasteiger partial charge is 0.239 e. The first kappa shape index (κ1) is 29.7. The van der Waals surface area contributed by atoms with Crippen LogP contribution in [0.4, 0.5) is 5.69 Å². The molecule has 0 unspecified atom stereocenters. The van der Waals surface area contributed by atoms with E-state index in [0.29, 0.717) is 51.2 Å². The lowest BCUT2D eigenvalue weighted by atomic mass is 9.43. The molecule has 4 fully saturated rings. The predicted molar refractivity (Wildman–Crippen MR) is 160 cm³/mol. The van der Waals surface area contributed by atoms with Crippen LogP contribution >= 0.6 is 22.6 Å². The molecule has 1 amide bonds. The molecular weight excluding hydrogens is 627 g/mol. The lowest BCUT2D eigenvalue weighted by Gasteiger charge is -2.62. The SMILES string of the molecule is C[C@H](CCC(=O)Nc1ccc(S(N)(=O)=O)c(I)c1)[C@H]1CC[C@H]2[C@@H]3CC[C@@H]4C[C@H](O)CC[C@]4(C)[C@H]3C[C@H](O)[C@]12C. The Morgan fingerprint density at radius 2 is 1.87 bits per heavy atom. The number of hydrogen-bond acceptors (Lipinski definition) is 5. The molecule has 9 heteroatoms. The fourth-order valence-electron chi connectivity index (χ4n) is 9.75. The predicted octanol–water partition coefficient (Wildman–Crippen LogP) is 5.28. The molecule has 7 nitrogen and oxygen atoms in total. The maximum Gasteiger partial charge on any atom is 0.239 e. The zero-order chi connectivity index (χ0) is 28.3. The van der Waals surface area contributed by atoms with Gasteiger partial charge in [-0.2, -0.15) is 0 Å². The number of halogens is 1. The first-order valence-corrected chi connectivity index (χ1v) is 17.4. The molecule has 0 radical (unpaired) electrons. The third-order valence-corrected chi connectivity index (χ3v) is 14.1. The van der Waals surface area contributed by atoms with Gasteiger partial charge in [0.2, 0.25) is 15.9 Å². The van der Waals surface area contributed by atoms with Crippen LogP contribution in [0.1, 0.15) is 85.0 Å². The Kier molecular flexibility index (Phi) is 8.25. The molecular formula is C30H45IN2O5S. The van der Waals surface area contributed by atoms with E-state index in [1.54, 1.807) is 12.1 Å². The molecule has 39 heavy (non-hydrogen) atoms. The van der Waals surface area contributed by atoms with E-state index in [0.717, 1.165) is 44.9 Å². The van der Waals surface area contributed by atoms with Crippen molar-refractivity contribution in [3.05, 3.63) is 21.8 Å². The Balaban J connectivity index is 1.23. The van der Waals surface area contributed by atoms with Crippen molar-refractivity contribution in [1.29, 1.82) is 0 Å². The summed E-state index contributed by atoms with van der Waals surface area (Å²) in [6, 6.07) is 4.63. The van der Waals surface area contributed by atoms with Crippen molar-refractivity contribution in [2.45, 2.75) is 102 Å². The number of sulfonamides is 1. The number of benzene rings is 1. The molecule has 5 N–H and O–H groups in total. The summed E-state index contributed by atoms with van der Waals surface area (Å²) >= 11 is 1.92. The maximum absolute atomic E-state index is 12.8. The summed E-state index contributed by atoms with van der Waals surface area (Å²) in [6.07, 6.45) is 9.12. The molecule has 0 aromatic heterocycles. The second-order valence-electron chi connectivity index (χ2n) is 13.6. The standard InChI is InChI=1S/C30H45IN2O5S/c1-17(4-11-28(36)33-19-6-10-26(25(31)15-19)39(32,37)38)22-8-9-23-21-7-5-18-14-20(34)12-13-29(18,2)24(21)16-27(35)30(22,23)3/h6,10,15,17-18,20-24,27,34-35H,4-5,7-9,11-14,16H2,1-3H3,(H,33,36)(H2,32,37,38)/t17-,18-,20-,21+,22-,23+,24+,27+,29+,30-/m1/s1. The topological polar surface area (TPSA) is 130 Å². The molecule has 5 rings (SSSR count). The van der Waals surface area contributed by atoms with Gasteiger partial charge in [-0.15, -0.1) is 0 Å². The van der Waals surface area contributed by atoms with Gasteiger partial charge in [0.25, 0.3) is 0 Å². The van der Waals surface area contributed by atoms with Crippen molar-refractivity contribution < 1.29 is 23.4 Å². The second-order valence-corrected chi connectivity index (χ2v) is 16.3. The van der Waals surface area contributed by atoms with Crippen LogP contribution < -0.4 is 10.5 Å². The molecule has 0 aliphatic heterocycles. The van der Waals surface area contributed by atoms with Crippen molar-refractivity contribution in [2.24, 2.45) is 51.5 Å². The van der Waals surface area contributed by atoms with Crippen LogP contribution in [0.2, 0.25) is 0 Å². The van der Waals surface area contributed by atoms with Gasteiger partial charge in [0, 0.05) is 15.7 Å². The monoisotopic (exact) mass is 672 g/mol. The normalized spacial score (nSPS) is 40.7. The van der Waals surface area contributed by atoms with Crippen LogP contribution in [0.5, 0.6) is 0 Å². The number of amides is 1. The lowest BCUT2D eigenvalue weighted by Crippen LogP contribution is -2.58. The highest BCUT2D eigenvalue weighted by atomic mass is 127. The zero-order valence-corrected chi connectivity index (χ0v) is 26.4. The number of hydrogen-bond donors (Lipinski definition) is 4. The second kappa shape index (κ2) is 10.8. The number of anilines is 1. The van der Waals surface area contributed by atoms with Crippen LogP contribution in [0.15, 0.2) is 23.1 Å². The number of primary sulfonamides is 1. The summed E-state index contributed by atoms with van der Waals surface area (Å²) < 4.78 is 23.8. The van der Waals surface area contributed by atoms with Gasteiger partial charge >= 0.3 is 0 Å². The minimum absolute atomic E-state index is 0.0515. The number of nitrogens with two attached hydrogens (primary N) is 1. The van der Waals surface area contributed by atoms with E-state index in [2.05, 4.69) is 26.1 Å². The van der Waals surface area contributed by atoms with Crippen LogP contribution in [0.25, 0.3) is 0 Å². The summed E-state index contributed by atoms with van der Waals surface area (Å²) in [5.41, 5.74) is 0.676. The molecule has 218 valence electrons. The van der Waals surface area contributed by atoms with Gasteiger partial charge < -0.3 is 15.5 Å². The average Bonchev–Trinajstić information content (AvgIpc) is 3.22. The van der Waals surface area contributed by atoms with Crippen LogP contribution in [-0.2, 0) is 14.8 Å². The molecule has 1 aromatic carbocycles. The molecule has 0 spiro atoms. The minimum atomic E-state index is -3.80. The van der Waals surface area contributed by atoms with E-state index < -0.39 is 10.0 Å². The van der Waals surface area contributed by atoms with Gasteiger partial charge in [-0.3, -0.25) is 4.79 Å². The molecule has 0 saturated heterocycles. The average molecular weight is 673 g/mol. The van der Waals surface area contributed by atoms with Gasteiger partial charge in [0.05, 0.1) is 17.1 Å². The molecule has 0 bridgehead atoms.